The molecular weight excluding hydrogens is 347 g/mol. The highest BCUT2D eigenvalue weighted by Gasteiger charge is 2.04. The summed E-state index contributed by atoms with van der Waals surface area (Å²) in [4.78, 5) is 16.1. The van der Waals surface area contributed by atoms with Crippen molar-refractivity contribution < 1.29 is 18.7 Å². The van der Waals surface area contributed by atoms with Crippen molar-refractivity contribution in [3.8, 4) is 11.5 Å². The summed E-state index contributed by atoms with van der Waals surface area (Å²) in [6.07, 6.45) is 2.67. The molecule has 0 radical (unpaired) electrons. The summed E-state index contributed by atoms with van der Waals surface area (Å²) in [6, 6.07) is 15.4. The Morgan fingerprint density at radius 3 is 2.67 bits per heavy atom. The number of benzene rings is 2. The van der Waals surface area contributed by atoms with Gasteiger partial charge in [0, 0.05) is 18.1 Å². The second kappa shape index (κ2) is 9.52. The molecule has 1 amide bonds. The van der Waals surface area contributed by atoms with Crippen LogP contribution in [0.25, 0.3) is 10.9 Å². The zero-order valence-electron chi connectivity index (χ0n) is 14.9. The first-order chi connectivity index (χ1) is 13.2. The molecule has 0 atom stereocenters. The van der Waals surface area contributed by atoms with E-state index in [2.05, 4.69) is 10.3 Å². The minimum Gasteiger partial charge on any atom is -0.493 e. The third-order valence-electron chi connectivity index (χ3n) is 3.91. The summed E-state index contributed by atoms with van der Waals surface area (Å²) in [6.45, 7) is 1.26. The summed E-state index contributed by atoms with van der Waals surface area (Å²) in [5, 5.41) is 3.86. The molecule has 2 aromatic carbocycles. The van der Waals surface area contributed by atoms with E-state index in [9.17, 15) is 9.18 Å². The van der Waals surface area contributed by atoms with Crippen LogP contribution in [0, 0.1) is 5.82 Å². The lowest BCUT2D eigenvalue weighted by Gasteiger charge is -2.09. The van der Waals surface area contributed by atoms with E-state index in [1.807, 2.05) is 30.3 Å². The number of halogens is 1. The van der Waals surface area contributed by atoms with E-state index in [1.165, 1.54) is 24.3 Å². The van der Waals surface area contributed by atoms with Crippen LogP contribution in [0.1, 0.15) is 12.8 Å². The Hall–Kier alpha value is -3.15. The fourth-order valence-corrected chi connectivity index (χ4v) is 2.56. The number of amides is 1. The Morgan fingerprint density at radius 2 is 1.81 bits per heavy atom. The summed E-state index contributed by atoms with van der Waals surface area (Å²) in [7, 11) is 0. The fourth-order valence-electron chi connectivity index (χ4n) is 2.56. The fraction of sp³-hybridized carbons (Fsp3) is 0.238. The smallest absolute Gasteiger partial charge is 0.223 e. The molecule has 27 heavy (non-hydrogen) atoms. The summed E-state index contributed by atoms with van der Waals surface area (Å²) in [5.41, 5.74) is 0.835. The first kappa shape index (κ1) is 18.6. The topological polar surface area (TPSA) is 60.5 Å². The van der Waals surface area contributed by atoms with E-state index >= 15 is 0 Å². The number of nitrogens with zero attached hydrogens (tertiary/aromatic N) is 1. The maximum Gasteiger partial charge on any atom is 0.223 e. The summed E-state index contributed by atoms with van der Waals surface area (Å²) >= 11 is 0. The lowest BCUT2D eigenvalue weighted by Crippen LogP contribution is -2.26. The molecule has 3 aromatic rings. The molecule has 0 fully saturated rings. The lowest BCUT2D eigenvalue weighted by atomic mass is 10.2. The van der Waals surface area contributed by atoms with Gasteiger partial charge in [-0.3, -0.25) is 9.78 Å². The van der Waals surface area contributed by atoms with Crippen LogP contribution in [0.4, 0.5) is 4.39 Å². The molecule has 1 heterocycles. The molecule has 0 spiro atoms. The van der Waals surface area contributed by atoms with Gasteiger partial charge in [0.05, 0.1) is 19.6 Å². The van der Waals surface area contributed by atoms with Crippen molar-refractivity contribution >= 4 is 16.8 Å². The number of carbonyl (C=O) groups excluding carboxylic acids is 1. The predicted molar refractivity (Wildman–Crippen MR) is 101 cm³/mol. The minimum atomic E-state index is -0.318. The minimum absolute atomic E-state index is 0.0936. The van der Waals surface area contributed by atoms with Crippen LogP contribution >= 0.6 is 0 Å². The molecule has 0 bridgehead atoms. The normalized spacial score (nSPS) is 10.6. The predicted octanol–water partition coefficient (Wildman–Crippen LogP) is 3.73. The van der Waals surface area contributed by atoms with Gasteiger partial charge in [-0.2, -0.15) is 0 Å². The molecule has 3 rings (SSSR count). The number of rotatable bonds is 9. The zero-order chi connectivity index (χ0) is 18.9. The number of hydrogen-bond acceptors (Lipinski definition) is 4. The molecule has 0 unspecified atom stereocenters. The largest absolute Gasteiger partial charge is 0.493 e. The number of nitrogens with one attached hydrogen (secondary N) is 1. The van der Waals surface area contributed by atoms with Crippen LogP contribution in [0.3, 0.4) is 0 Å². The van der Waals surface area contributed by atoms with E-state index in [4.69, 9.17) is 9.47 Å². The van der Waals surface area contributed by atoms with Crippen LogP contribution in [0.2, 0.25) is 0 Å². The van der Waals surface area contributed by atoms with Crippen molar-refractivity contribution in [2.45, 2.75) is 12.8 Å². The van der Waals surface area contributed by atoms with E-state index in [1.54, 1.807) is 6.20 Å². The number of hydrogen-bond donors (Lipinski definition) is 1. The van der Waals surface area contributed by atoms with Gasteiger partial charge >= 0.3 is 0 Å². The number of fused-ring (bicyclic) bond motifs is 1. The number of pyridine rings is 1. The maximum absolute atomic E-state index is 12.8. The molecule has 0 aliphatic heterocycles. The Morgan fingerprint density at radius 1 is 1.00 bits per heavy atom. The van der Waals surface area contributed by atoms with Crippen LogP contribution in [0.15, 0.2) is 60.8 Å². The van der Waals surface area contributed by atoms with E-state index in [0.29, 0.717) is 25.3 Å². The Kier molecular flexibility index (Phi) is 6.57. The van der Waals surface area contributed by atoms with Gasteiger partial charge in [-0.1, -0.05) is 18.2 Å². The van der Waals surface area contributed by atoms with Crippen molar-refractivity contribution in [3.05, 3.63) is 66.6 Å². The van der Waals surface area contributed by atoms with Crippen LogP contribution in [-0.4, -0.2) is 30.6 Å². The Labute approximate surface area is 157 Å². The van der Waals surface area contributed by atoms with Crippen molar-refractivity contribution in [3.63, 3.8) is 0 Å². The van der Waals surface area contributed by atoms with E-state index in [0.717, 1.165) is 16.7 Å². The first-order valence-corrected chi connectivity index (χ1v) is 8.84. The first-order valence-electron chi connectivity index (χ1n) is 8.84. The summed E-state index contributed by atoms with van der Waals surface area (Å²) in [5.74, 6) is 0.874. The molecule has 140 valence electrons. The van der Waals surface area contributed by atoms with Crippen LogP contribution in [-0.2, 0) is 4.79 Å². The highest BCUT2D eigenvalue weighted by molar-refractivity contribution is 5.84. The molecule has 0 aliphatic rings. The van der Waals surface area contributed by atoms with Gasteiger partial charge in [-0.05, 0) is 42.8 Å². The highest BCUT2D eigenvalue weighted by atomic mass is 19.1. The summed E-state index contributed by atoms with van der Waals surface area (Å²) < 4.78 is 24.0. The molecule has 0 saturated heterocycles. The highest BCUT2D eigenvalue weighted by Crippen LogP contribution is 2.22. The number of ether oxygens (including phenoxy) is 2. The molecule has 0 saturated carbocycles. The third kappa shape index (κ3) is 5.67. The van der Waals surface area contributed by atoms with E-state index < -0.39 is 0 Å². The number of aromatic nitrogens is 1. The Bertz CT molecular complexity index is 879. The zero-order valence-corrected chi connectivity index (χ0v) is 14.9. The molecule has 1 aromatic heterocycles. The lowest BCUT2D eigenvalue weighted by molar-refractivity contribution is -0.121. The van der Waals surface area contributed by atoms with Gasteiger partial charge in [0.2, 0.25) is 5.91 Å². The number of carbonyl (C=O) groups is 1. The van der Waals surface area contributed by atoms with Crippen LogP contribution in [0.5, 0.6) is 11.5 Å². The SMILES string of the molecule is O=C(CCOc1ccc(F)cc1)NCCCOc1cccc2cccnc12. The average Bonchev–Trinajstić information content (AvgIpc) is 2.69. The van der Waals surface area contributed by atoms with Crippen molar-refractivity contribution in [1.29, 1.82) is 0 Å². The van der Waals surface area contributed by atoms with Crippen molar-refractivity contribution in [1.82, 2.24) is 10.3 Å². The van der Waals surface area contributed by atoms with Gasteiger partial charge in [0.1, 0.15) is 22.8 Å². The second-order valence-corrected chi connectivity index (χ2v) is 5.94. The third-order valence-corrected chi connectivity index (χ3v) is 3.91. The number of para-hydroxylation sites is 1. The molecule has 6 heteroatoms. The van der Waals surface area contributed by atoms with Crippen molar-refractivity contribution in [2.24, 2.45) is 0 Å². The monoisotopic (exact) mass is 368 g/mol. The van der Waals surface area contributed by atoms with Gasteiger partial charge in [-0.25, -0.2) is 4.39 Å². The standard InChI is InChI=1S/C21H21FN2O3/c22-17-7-9-18(10-8-17)26-15-11-20(25)23-13-3-14-27-19-6-1-4-16-5-2-12-24-21(16)19/h1-2,4-10,12H,3,11,13-15H2,(H,23,25). The average molecular weight is 368 g/mol. The maximum atomic E-state index is 12.8. The van der Waals surface area contributed by atoms with E-state index in [-0.39, 0.29) is 24.8 Å². The van der Waals surface area contributed by atoms with Gasteiger partial charge in [0.25, 0.3) is 0 Å². The van der Waals surface area contributed by atoms with Crippen molar-refractivity contribution in [2.75, 3.05) is 19.8 Å². The second-order valence-electron chi connectivity index (χ2n) is 5.94. The van der Waals surface area contributed by atoms with Gasteiger partial charge in [-0.15, -0.1) is 0 Å². The quantitative estimate of drug-likeness (QED) is 0.585. The van der Waals surface area contributed by atoms with Crippen LogP contribution < -0.4 is 14.8 Å². The molecule has 0 aliphatic carbocycles. The molecule has 1 N–H and O–H groups in total. The molecule has 5 nitrogen and oxygen atoms in total. The Balaban J connectivity index is 1.31. The van der Waals surface area contributed by atoms with Gasteiger partial charge in [0.15, 0.2) is 0 Å². The molecular formula is C21H21FN2O3. The van der Waals surface area contributed by atoms with Gasteiger partial charge < -0.3 is 14.8 Å².